The van der Waals surface area contributed by atoms with Crippen molar-refractivity contribution < 1.29 is 9.18 Å². The molecular formula is C11H9FN4O. The minimum absolute atomic E-state index is 0.309. The zero-order valence-electron chi connectivity index (χ0n) is 8.75. The van der Waals surface area contributed by atoms with E-state index in [1.165, 1.54) is 35.5 Å². The van der Waals surface area contributed by atoms with Gasteiger partial charge < -0.3 is 0 Å². The first kappa shape index (κ1) is 11.0. The average molecular weight is 232 g/mol. The number of halogens is 1. The van der Waals surface area contributed by atoms with Crippen molar-refractivity contribution in [2.24, 2.45) is 0 Å². The average Bonchev–Trinajstić information content (AvgIpc) is 2.81. The molecule has 1 amide bonds. The summed E-state index contributed by atoms with van der Waals surface area (Å²) in [4.78, 5) is 11.4. The summed E-state index contributed by atoms with van der Waals surface area (Å²) in [6, 6.07) is 5.82. The van der Waals surface area contributed by atoms with Crippen LogP contribution in [0, 0.1) is 5.82 Å². The molecule has 0 spiro atoms. The minimum Gasteiger partial charge on any atom is -0.268 e. The lowest BCUT2D eigenvalue weighted by Crippen LogP contribution is -2.18. The van der Waals surface area contributed by atoms with Crippen LogP contribution in [0.4, 0.5) is 4.39 Å². The minimum atomic E-state index is -0.325. The molecule has 0 radical (unpaired) electrons. The number of benzene rings is 1. The number of carbonyl (C=O) groups is 1. The van der Waals surface area contributed by atoms with Gasteiger partial charge >= 0.3 is 0 Å². The fourth-order valence-corrected chi connectivity index (χ4v) is 1.17. The number of hydrogen-bond donors (Lipinski definition) is 1. The number of carbonyl (C=O) groups excluding carboxylic acids is 1. The molecule has 0 aliphatic rings. The lowest BCUT2D eigenvalue weighted by atomic mass is 10.2. The van der Waals surface area contributed by atoms with Gasteiger partial charge in [0.15, 0.2) is 0 Å². The van der Waals surface area contributed by atoms with E-state index in [2.05, 4.69) is 15.6 Å². The molecule has 0 unspecified atom stereocenters. The number of aromatic nitrogens is 3. The standard InChI is InChI=1S/C11H9FN4O/c12-10-4-1-9(2-5-10)3-6-11(17)15-16-7-13-14-8-16/h1-8H,(H,15,17). The molecule has 2 rings (SSSR count). The topological polar surface area (TPSA) is 59.8 Å². The van der Waals surface area contributed by atoms with Crippen LogP contribution < -0.4 is 5.43 Å². The predicted molar refractivity (Wildman–Crippen MR) is 59.8 cm³/mol. The maximum absolute atomic E-state index is 12.6. The van der Waals surface area contributed by atoms with E-state index in [9.17, 15) is 9.18 Å². The second kappa shape index (κ2) is 5.02. The summed E-state index contributed by atoms with van der Waals surface area (Å²) >= 11 is 0. The number of nitrogens with one attached hydrogen (secondary N) is 1. The molecule has 0 saturated carbocycles. The van der Waals surface area contributed by atoms with Crippen LogP contribution in [-0.2, 0) is 4.79 Å². The van der Waals surface area contributed by atoms with E-state index in [4.69, 9.17) is 0 Å². The summed E-state index contributed by atoms with van der Waals surface area (Å²) in [6.45, 7) is 0. The van der Waals surface area contributed by atoms with Crippen LogP contribution in [0.3, 0.4) is 0 Å². The summed E-state index contributed by atoms with van der Waals surface area (Å²) in [5.74, 6) is -0.634. The zero-order valence-corrected chi connectivity index (χ0v) is 8.75. The Bertz CT molecular complexity index is 519. The van der Waals surface area contributed by atoms with E-state index in [0.717, 1.165) is 5.56 Å². The van der Waals surface area contributed by atoms with Crippen molar-refractivity contribution in [3.8, 4) is 0 Å². The smallest absolute Gasteiger partial charge is 0.262 e. The molecule has 0 aliphatic carbocycles. The van der Waals surface area contributed by atoms with Crippen LogP contribution >= 0.6 is 0 Å². The van der Waals surface area contributed by atoms with E-state index in [1.807, 2.05) is 0 Å². The quantitative estimate of drug-likeness (QED) is 0.809. The highest BCUT2D eigenvalue weighted by molar-refractivity contribution is 5.97. The van der Waals surface area contributed by atoms with Gasteiger partial charge in [-0.3, -0.25) is 10.2 Å². The third kappa shape index (κ3) is 3.23. The molecule has 0 bridgehead atoms. The van der Waals surface area contributed by atoms with E-state index < -0.39 is 0 Å². The molecule has 1 aromatic carbocycles. The Balaban J connectivity index is 1.96. The van der Waals surface area contributed by atoms with Gasteiger partial charge in [-0.15, -0.1) is 10.2 Å². The van der Waals surface area contributed by atoms with Gasteiger partial charge in [-0.25, -0.2) is 9.07 Å². The Morgan fingerprint density at radius 1 is 1.24 bits per heavy atom. The van der Waals surface area contributed by atoms with Crippen molar-refractivity contribution in [1.29, 1.82) is 0 Å². The van der Waals surface area contributed by atoms with Crippen LogP contribution in [0.1, 0.15) is 5.56 Å². The van der Waals surface area contributed by atoms with Crippen molar-refractivity contribution >= 4 is 12.0 Å². The molecule has 1 aromatic heterocycles. The molecule has 0 atom stereocenters. The molecular weight excluding hydrogens is 223 g/mol. The number of nitrogens with zero attached hydrogens (tertiary/aromatic N) is 3. The Morgan fingerprint density at radius 2 is 1.88 bits per heavy atom. The van der Waals surface area contributed by atoms with Gasteiger partial charge in [-0.1, -0.05) is 12.1 Å². The first-order valence-corrected chi connectivity index (χ1v) is 4.83. The fraction of sp³-hybridized carbons (Fsp3) is 0. The van der Waals surface area contributed by atoms with Crippen molar-refractivity contribution in [3.05, 3.63) is 54.4 Å². The number of rotatable bonds is 3. The second-order valence-electron chi connectivity index (χ2n) is 3.23. The second-order valence-corrected chi connectivity index (χ2v) is 3.23. The van der Waals surface area contributed by atoms with Gasteiger partial charge in [0.2, 0.25) is 0 Å². The molecule has 1 N–H and O–H groups in total. The Kier molecular flexibility index (Phi) is 3.25. The third-order valence-corrected chi connectivity index (χ3v) is 1.96. The van der Waals surface area contributed by atoms with Crippen molar-refractivity contribution in [2.75, 3.05) is 5.43 Å². The number of amides is 1. The molecule has 0 fully saturated rings. The highest BCUT2D eigenvalue weighted by atomic mass is 19.1. The molecule has 5 nitrogen and oxygen atoms in total. The maximum Gasteiger partial charge on any atom is 0.262 e. The zero-order chi connectivity index (χ0) is 12.1. The van der Waals surface area contributed by atoms with E-state index in [-0.39, 0.29) is 11.7 Å². The van der Waals surface area contributed by atoms with Crippen LogP contribution in [0.5, 0.6) is 0 Å². The first-order valence-electron chi connectivity index (χ1n) is 4.83. The van der Waals surface area contributed by atoms with Crippen LogP contribution in [-0.4, -0.2) is 20.8 Å². The summed E-state index contributed by atoms with van der Waals surface area (Å²) in [5.41, 5.74) is 3.24. The summed E-state index contributed by atoms with van der Waals surface area (Å²) in [6.07, 6.45) is 5.65. The lowest BCUT2D eigenvalue weighted by Gasteiger charge is -1.99. The van der Waals surface area contributed by atoms with Crippen molar-refractivity contribution in [2.45, 2.75) is 0 Å². The highest BCUT2D eigenvalue weighted by Crippen LogP contribution is 2.04. The van der Waals surface area contributed by atoms with Gasteiger partial charge in [-0.2, -0.15) is 0 Å². The monoisotopic (exact) mass is 232 g/mol. The predicted octanol–water partition coefficient (Wildman–Crippen LogP) is 1.20. The van der Waals surface area contributed by atoms with Gasteiger partial charge in [0.1, 0.15) is 18.5 Å². The van der Waals surface area contributed by atoms with Gasteiger partial charge in [-0.05, 0) is 23.8 Å². The van der Waals surface area contributed by atoms with Crippen LogP contribution in [0.2, 0.25) is 0 Å². The number of hydrogen-bond acceptors (Lipinski definition) is 3. The van der Waals surface area contributed by atoms with Gasteiger partial charge in [0.05, 0.1) is 0 Å². The van der Waals surface area contributed by atoms with Gasteiger partial charge in [0, 0.05) is 6.08 Å². The first-order chi connectivity index (χ1) is 8.24. The largest absolute Gasteiger partial charge is 0.268 e. The van der Waals surface area contributed by atoms with E-state index in [0.29, 0.717) is 0 Å². The van der Waals surface area contributed by atoms with Crippen LogP contribution in [0.15, 0.2) is 43.0 Å². The maximum atomic E-state index is 12.6. The summed E-state index contributed by atoms with van der Waals surface area (Å²) in [7, 11) is 0. The Labute approximate surface area is 96.6 Å². The highest BCUT2D eigenvalue weighted by Gasteiger charge is 1.96. The normalized spacial score (nSPS) is 10.6. The molecule has 1 heterocycles. The molecule has 6 heteroatoms. The summed E-state index contributed by atoms with van der Waals surface area (Å²) in [5, 5.41) is 7.07. The van der Waals surface area contributed by atoms with Crippen LogP contribution in [0.25, 0.3) is 6.08 Å². The Morgan fingerprint density at radius 3 is 2.53 bits per heavy atom. The molecule has 17 heavy (non-hydrogen) atoms. The molecule has 2 aromatic rings. The van der Waals surface area contributed by atoms with Gasteiger partial charge in [0.25, 0.3) is 5.91 Å². The molecule has 0 aliphatic heterocycles. The third-order valence-electron chi connectivity index (χ3n) is 1.96. The van der Waals surface area contributed by atoms with Crippen molar-refractivity contribution in [3.63, 3.8) is 0 Å². The SMILES string of the molecule is O=C(C=Cc1ccc(F)cc1)Nn1cnnc1. The summed E-state index contributed by atoms with van der Waals surface area (Å²) < 4.78 is 13.9. The van der Waals surface area contributed by atoms with Crippen molar-refractivity contribution in [1.82, 2.24) is 14.9 Å². The Hall–Kier alpha value is -2.50. The van der Waals surface area contributed by atoms with E-state index in [1.54, 1.807) is 18.2 Å². The molecule has 0 saturated heterocycles. The lowest BCUT2D eigenvalue weighted by molar-refractivity contribution is -0.112. The molecule has 86 valence electrons. The van der Waals surface area contributed by atoms with E-state index >= 15 is 0 Å². The fourth-order valence-electron chi connectivity index (χ4n) is 1.17.